The molecule has 2 rings (SSSR count). The van der Waals surface area contributed by atoms with Gasteiger partial charge in [-0.15, -0.1) is 0 Å². The number of hydrogen-bond donors (Lipinski definition) is 0. The van der Waals surface area contributed by atoms with Crippen molar-refractivity contribution in [3.8, 4) is 11.5 Å². The Balaban J connectivity index is 2.33. The van der Waals surface area contributed by atoms with E-state index in [-0.39, 0.29) is 6.29 Å². The summed E-state index contributed by atoms with van der Waals surface area (Å²) in [7, 11) is 0. The summed E-state index contributed by atoms with van der Waals surface area (Å²) >= 11 is 0. The predicted molar refractivity (Wildman–Crippen MR) is 41.7 cm³/mol. The molecule has 1 aliphatic rings. The van der Waals surface area contributed by atoms with Crippen LogP contribution in [0.2, 0.25) is 0 Å². The van der Waals surface area contributed by atoms with E-state index in [9.17, 15) is 0 Å². The van der Waals surface area contributed by atoms with Crippen molar-refractivity contribution in [2.45, 2.75) is 6.29 Å². The molecule has 0 fully saturated rings. The van der Waals surface area contributed by atoms with E-state index in [4.69, 9.17) is 9.47 Å². The van der Waals surface area contributed by atoms with Crippen LogP contribution in [-0.2, 0) is 0 Å². The standard InChI is InChI=1S/C9H8O2/c1-2-9-10-7-5-3-4-6-8(7)11-9/h2-6,9H,1H2. The first kappa shape index (κ1) is 6.28. The minimum Gasteiger partial charge on any atom is -0.447 e. The summed E-state index contributed by atoms with van der Waals surface area (Å²) in [5.41, 5.74) is 0. The van der Waals surface area contributed by atoms with E-state index in [0.29, 0.717) is 0 Å². The van der Waals surface area contributed by atoms with Gasteiger partial charge in [0.2, 0.25) is 0 Å². The largest absolute Gasteiger partial charge is 0.447 e. The van der Waals surface area contributed by atoms with E-state index < -0.39 is 0 Å². The third kappa shape index (κ3) is 0.963. The second-order valence-electron chi connectivity index (χ2n) is 2.29. The number of para-hydroxylation sites is 2. The Kier molecular flexibility index (Phi) is 1.32. The lowest BCUT2D eigenvalue weighted by Crippen LogP contribution is -2.13. The molecule has 0 aromatic heterocycles. The van der Waals surface area contributed by atoms with E-state index in [2.05, 4.69) is 6.58 Å². The van der Waals surface area contributed by atoms with Crippen molar-refractivity contribution >= 4 is 0 Å². The van der Waals surface area contributed by atoms with Crippen LogP contribution in [0.1, 0.15) is 0 Å². The maximum Gasteiger partial charge on any atom is 0.260 e. The highest BCUT2D eigenvalue weighted by Crippen LogP contribution is 2.33. The SMILES string of the molecule is C=CC1Oc2ccccc2O1. The molecule has 1 aliphatic heterocycles. The van der Waals surface area contributed by atoms with Crippen LogP contribution < -0.4 is 9.47 Å². The van der Waals surface area contributed by atoms with Crippen molar-refractivity contribution in [2.75, 3.05) is 0 Å². The normalized spacial score (nSPS) is 14.9. The third-order valence-corrected chi connectivity index (χ3v) is 1.53. The van der Waals surface area contributed by atoms with Crippen molar-refractivity contribution in [3.63, 3.8) is 0 Å². The average Bonchev–Trinajstić information content (AvgIpc) is 2.46. The van der Waals surface area contributed by atoms with Gasteiger partial charge in [0.1, 0.15) is 0 Å². The van der Waals surface area contributed by atoms with Crippen molar-refractivity contribution in [1.29, 1.82) is 0 Å². The molecule has 0 saturated carbocycles. The van der Waals surface area contributed by atoms with Gasteiger partial charge in [-0.3, -0.25) is 0 Å². The van der Waals surface area contributed by atoms with E-state index in [1.165, 1.54) is 0 Å². The van der Waals surface area contributed by atoms with E-state index >= 15 is 0 Å². The highest BCUT2D eigenvalue weighted by atomic mass is 16.7. The second-order valence-corrected chi connectivity index (χ2v) is 2.29. The summed E-state index contributed by atoms with van der Waals surface area (Å²) in [4.78, 5) is 0. The lowest BCUT2D eigenvalue weighted by atomic mass is 10.3. The molecule has 1 aromatic rings. The summed E-state index contributed by atoms with van der Waals surface area (Å²) in [5, 5.41) is 0. The first-order valence-electron chi connectivity index (χ1n) is 3.45. The molecule has 0 spiro atoms. The van der Waals surface area contributed by atoms with Gasteiger partial charge in [0.15, 0.2) is 11.5 Å². The summed E-state index contributed by atoms with van der Waals surface area (Å²) in [6, 6.07) is 7.57. The lowest BCUT2D eigenvalue weighted by Gasteiger charge is -2.01. The van der Waals surface area contributed by atoms with Crippen LogP contribution in [0.15, 0.2) is 36.9 Å². The number of hydrogen-bond acceptors (Lipinski definition) is 2. The predicted octanol–water partition coefficient (Wildman–Crippen LogP) is 1.97. The summed E-state index contributed by atoms with van der Waals surface area (Å²) < 4.78 is 10.6. The zero-order valence-corrected chi connectivity index (χ0v) is 5.99. The van der Waals surface area contributed by atoms with Gasteiger partial charge in [-0.25, -0.2) is 0 Å². The Morgan fingerprint density at radius 3 is 2.18 bits per heavy atom. The molecule has 0 atom stereocenters. The van der Waals surface area contributed by atoms with E-state index in [1.807, 2.05) is 24.3 Å². The van der Waals surface area contributed by atoms with Crippen LogP contribution in [0.3, 0.4) is 0 Å². The summed E-state index contributed by atoms with van der Waals surface area (Å²) in [6.07, 6.45) is 1.31. The maximum atomic E-state index is 5.32. The Morgan fingerprint density at radius 1 is 1.18 bits per heavy atom. The van der Waals surface area contributed by atoms with Crippen molar-refractivity contribution < 1.29 is 9.47 Å². The molecule has 11 heavy (non-hydrogen) atoms. The summed E-state index contributed by atoms with van der Waals surface area (Å²) in [5.74, 6) is 1.58. The topological polar surface area (TPSA) is 18.5 Å². The lowest BCUT2D eigenvalue weighted by molar-refractivity contribution is 0.0955. The van der Waals surface area contributed by atoms with Crippen LogP contribution >= 0.6 is 0 Å². The second kappa shape index (κ2) is 2.31. The molecule has 0 aliphatic carbocycles. The molecule has 1 heterocycles. The first-order valence-corrected chi connectivity index (χ1v) is 3.45. The van der Waals surface area contributed by atoms with Crippen LogP contribution in [-0.4, -0.2) is 6.29 Å². The van der Waals surface area contributed by atoms with Gasteiger partial charge in [-0.2, -0.15) is 0 Å². The van der Waals surface area contributed by atoms with Gasteiger partial charge in [-0.1, -0.05) is 18.7 Å². The van der Waals surface area contributed by atoms with Crippen molar-refractivity contribution in [3.05, 3.63) is 36.9 Å². The van der Waals surface area contributed by atoms with Crippen LogP contribution in [0, 0.1) is 0 Å². The Labute approximate surface area is 65.1 Å². The molecule has 0 saturated heterocycles. The number of rotatable bonds is 1. The molecular weight excluding hydrogens is 140 g/mol. The van der Waals surface area contributed by atoms with Crippen LogP contribution in [0.25, 0.3) is 0 Å². The molecular formula is C9H8O2. The van der Waals surface area contributed by atoms with Gasteiger partial charge in [0.05, 0.1) is 0 Å². The highest BCUT2D eigenvalue weighted by molar-refractivity contribution is 5.42. The summed E-state index contributed by atoms with van der Waals surface area (Å²) in [6.45, 7) is 3.58. The Morgan fingerprint density at radius 2 is 1.73 bits per heavy atom. The van der Waals surface area contributed by atoms with E-state index in [1.54, 1.807) is 6.08 Å². The zero-order chi connectivity index (χ0) is 7.68. The van der Waals surface area contributed by atoms with Crippen LogP contribution in [0.5, 0.6) is 11.5 Å². The monoisotopic (exact) mass is 148 g/mol. The molecule has 0 amide bonds. The molecule has 0 bridgehead atoms. The Hall–Kier alpha value is -1.44. The highest BCUT2D eigenvalue weighted by Gasteiger charge is 2.19. The molecule has 2 nitrogen and oxygen atoms in total. The minimum absolute atomic E-state index is 0.313. The smallest absolute Gasteiger partial charge is 0.260 e. The van der Waals surface area contributed by atoms with Gasteiger partial charge < -0.3 is 9.47 Å². The van der Waals surface area contributed by atoms with Crippen molar-refractivity contribution in [1.82, 2.24) is 0 Å². The average molecular weight is 148 g/mol. The minimum atomic E-state index is -0.313. The number of ether oxygens (including phenoxy) is 2. The molecule has 0 N–H and O–H groups in total. The molecule has 0 unspecified atom stereocenters. The van der Waals surface area contributed by atoms with Gasteiger partial charge in [0, 0.05) is 0 Å². The zero-order valence-electron chi connectivity index (χ0n) is 5.99. The van der Waals surface area contributed by atoms with Gasteiger partial charge >= 0.3 is 0 Å². The molecule has 0 radical (unpaired) electrons. The molecule has 56 valence electrons. The fourth-order valence-corrected chi connectivity index (χ4v) is 1.02. The van der Waals surface area contributed by atoms with E-state index in [0.717, 1.165) is 11.5 Å². The van der Waals surface area contributed by atoms with Crippen LogP contribution in [0.4, 0.5) is 0 Å². The molecule has 1 aromatic carbocycles. The Bertz CT molecular complexity index is 256. The fourth-order valence-electron chi connectivity index (χ4n) is 1.02. The van der Waals surface area contributed by atoms with Gasteiger partial charge in [-0.05, 0) is 18.2 Å². The number of fused-ring (bicyclic) bond motifs is 1. The fraction of sp³-hybridized carbons (Fsp3) is 0.111. The van der Waals surface area contributed by atoms with Crippen molar-refractivity contribution in [2.24, 2.45) is 0 Å². The quantitative estimate of drug-likeness (QED) is 0.567. The molecule has 2 heteroatoms. The number of benzene rings is 1. The third-order valence-electron chi connectivity index (χ3n) is 1.53. The van der Waals surface area contributed by atoms with Gasteiger partial charge in [0.25, 0.3) is 6.29 Å². The maximum absolute atomic E-state index is 5.32. The first-order chi connectivity index (χ1) is 5.40.